The van der Waals surface area contributed by atoms with Crippen molar-refractivity contribution in [1.29, 1.82) is 0 Å². The number of nitrogens with zero attached hydrogens (tertiary/aromatic N) is 1. The summed E-state index contributed by atoms with van der Waals surface area (Å²) in [5.74, 6) is -2.51. The summed E-state index contributed by atoms with van der Waals surface area (Å²) in [6.45, 7) is 11.6. The number of halogens is 3. The van der Waals surface area contributed by atoms with Crippen LogP contribution in [0, 0.1) is 11.8 Å². The van der Waals surface area contributed by atoms with Crippen molar-refractivity contribution < 1.29 is 37.4 Å². The molecule has 0 bridgehead atoms. The normalized spacial score (nSPS) is 20.7. The zero-order valence-electron chi connectivity index (χ0n) is 19.7. The molecule has 0 aliphatic carbocycles. The smallest absolute Gasteiger partial charge is 0.415 e. The Morgan fingerprint density at radius 2 is 1.62 bits per heavy atom. The number of amides is 3. The van der Waals surface area contributed by atoms with E-state index in [4.69, 9.17) is 4.74 Å². The molecule has 1 fully saturated rings. The summed E-state index contributed by atoms with van der Waals surface area (Å²) < 4.78 is 44.8. The molecule has 1 rings (SSSR count). The fraction of sp³-hybridized carbons (Fsp3) is 0.857. The summed E-state index contributed by atoms with van der Waals surface area (Å²) in [6.07, 6.45) is -7.59. The number of aliphatic hydroxyl groups is 1. The van der Waals surface area contributed by atoms with Gasteiger partial charge in [-0.2, -0.15) is 13.2 Å². The molecular weight excluding hydrogens is 431 g/mol. The van der Waals surface area contributed by atoms with Crippen molar-refractivity contribution in [3.8, 4) is 0 Å². The van der Waals surface area contributed by atoms with Gasteiger partial charge in [-0.15, -0.1) is 0 Å². The van der Waals surface area contributed by atoms with E-state index in [1.807, 2.05) is 0 Å². The van der Waals surface area contributed by atoms with Crippen molar-refractivity contribution in [2.24, 2.45) is 11.8 Å². The molecule has 32 heavy (non-hydrogen) atoms. The molecule has 0 spiro atoms. The van der Waals surface area contributed by atoms with E-state index in [2.05, 4.69) is 10.6 Å². The van der Waals surface area contributed by atoms with Crippen LogP contribution in [0.3, 0.4) is 0 Å². The number of alkyl halides is 3. The highest BCUT2D eigenvalue weighted by molar-refractivity contribution is 6.01. The van der Waals surface area contributed by atoms with E-state index in [-0.39, 0.29) is 18.9 Å². The van der Waals surface area contributed by atoms with Crippen molar-refractivity contribution >= 4 is 17.9 Å². The minimum Gasteiger partial charge on any atom is -0.444 e. The Kier molecular flexibility index (Phi) is 9.52. The zero-order chi connectivity index (χ0) is 25.0. The van der Waals surface area contributed by atoms with Crippen molar-refractivity contribution in [2.75, 3.05) is 6.54 Å². The van der Waals surface area contributed by atoms with Crippen LogP contribution in [-0.4, -0.2) is 70.5 Å². The minimum absolute atomic E-state index is 0.187. The first-order chi connectivity index (χ1) is 14.5. The zero-order valence-corrected chi connectivity index (χ0v) is 19.7. The Bertz CT molecular complexity index is 677. The number of ether oxygens (including phenoxy) is 1. The number of hydrogen-bond donors (Lipinski definition) is 3. The second kappa shape index (κ2) is 10.8. The molecule has 0 radical (unpaired) electrons. The van der Waals surface area contributed by atoms with Gasteiger partial charge in [-0.3, -0.25) is 19.8 Å². The van der Waals surface area contributed by atoms with Gasteiger partial charge in [-0.1, -0.05) is 27.7 Å². The molecule has 0 saturated carbocycles. The van der Waals surface area contributed by atoms with Gasteiger partial charge < -0.3 is 15.2 Å². The number of rotatable bonds is 7. The van der Waals surface area contributed by atoms with Crippen LogP contribution in [0.1, 0.15) is 61.3 Å². The number of carbonyl (C=O) groups is 3. The monoisotopic (exact) mass is 467 g/mol. The van der Waals surface area contributed by atoms with Crippen molar-refractivity contribution in [3.05, 3.63) is 0 Å². The minimum atomic E-state index is -4.84. The van der Waals surface area contributed by atoms with Gasteiger partial charge >= 0.3 is 12.3 Å². The van der Waals surface area contributed by atoms with Crippen molar-refractivity contribution in [2.45, 2.75) is 97.3 Å². The van der Waals surface area contributed by atoms with E-state index in [1.54, 1.807) is 34.6 Å². The van der Waals surface area contributed by atoms with Gasteiger partial charge in [-0.05, 0) is 52.0 Å². The maximum absolute atomic E-state index is 13.2. The van der Waals surface area contributed by atoms with Crippen LogP contribution in [0.15, 0.2) is 0 Å². The van der Waals surface area contributed by atoms with E-state index >= 15 is 0 Å². The maximum Gasteiger partial charge on any atom is 0.415 e. The lowest BCUT2D eigenvalue weighted by atomic mass is 9.95. The standard InChI is InChI=1S/C21H36F3N3O5/c1-11(2)14(25-19(31)32-20(5,6)7)18(30)26-17(29)13-9-8-10-27(13)15(12(3)4)16(28)21(22,23)24/h11-16,28H,8-10H2,1-7H3,(H,25,31)(H,26,29,30)/t13-,14-,15?,16?/m0/s1. The van der Waals surface area contributed by atoms with Crippen molar-refractivity contribution in [1.82, 2.24) is 15.5 Å². The van der Waals surface area contributed by atoms with Crippen LogP contribution in [0.5, 0.6) is 0 Å². The molecule has 0 aromatic carbocycles. The molecule has 2 unspecified atom stereocenters. The number of aliphatic hydroxyl groups excluding tert-OH is 1. The Balaban J connectivity index is 2.95. The molecule has 0 aromatic rings. The first-order valence-corrected chi connectivity index (χ1v) is 10.8. The third-order valence-corrected chi connectivity index (χ3v) is 5.19. The van der Waals surface area contributed by atoms with E-state index in [1.165, 1.54) is 18.7 Å². The van der Waals surface area contributed by atoms with Gasteiger partial charge in [0.25, 0.3) is 0 Å². The Morgan fingerprint density at radius 1 is 1.06 bits per heavy atom. The second-order valence-corrected chi connectivity index (χ2v) is 9.84. The number of alkyl carbamates (subject to hydrolysis) is 1. The SMILES string of the molecule is CC(C)C(C(O)C(F)(F)F)N1CCC[C@H]1C(=O)NC(=O)[C@@H](NC(=O)OC(C)(C)C)C(C)C. The summed E-state index contributed by atoms with van der Waals surface area (Å²) in [5, 5.41) is 14.5. The van der Waals surface area contributed by atoms with Crippen LogP contribution >= 0.6 is 0 Å². The quantitative estimate of drug-likeness (QED) is 0.531. The van der Waals surface area contributed by atoms with Crippen molar-refractivity contribution in [3.63, 3.8) is 0 Å². The Hall–Kier alpha value is -1.88. The highest BCUT2D eigenvalue weighted by atomic mass is 19.4. The molecule has 8 nitrogen and oxygen atoms in total. The van der Waals surface area contributed by atoms with Crippen LogP contribution in [0.25, 0.3) is 0 Å². The lowest BCUT2D eigenvalue weighted by Gasteiger charge is -2.38. The number of imide groups is 1. The van der Waals surface area contributed by atoms with Gasteiger partial charge in [0.05, 0.1) is 6.04 Å². The highest BCUT2D eigenvalue weighted by Crippen LogP contribution is 2.32. The average Bonchev–Trinajstić information content (AvgIpc) is 3.06. The number of likely N-dealkylation sites (tertiary alicyclic amines) is 1. The van der Waals surface area contributed by atoms with Gasteiger partial charge in [0, 0.05) is 6.04 Å². The van der Waals surface area contributed by atoms with Gasteiger partial charge in [0.2, 0.25) is 11.8 Å². The van der Waals surface area contributed by atoms with Gasteiger partial charge in [0.15, 0.2) is 6.10 Å². The fourth-order valence-electron chi connectivity index (χ4n) is 3.80. The maximum atomic E-state index is 13.2. The first kappa shape index (κ1) is 28.2. The van der Waals surface area contributed by atoms with Gasteiger partial charge in [0.1, 0.15) is 11.6 Å². The Labute approximate surface area is 187 Å². The number of hydrogen-bond acceptors (Lipinski definition) is 6. The number of nitrogens with one attached hydrogen (secondary N) is 2. The third-order valence-electron chi connectivity index (χ3n) is 5.19. The van der Waals surface area contributed by atoms with E-state index in [0.29, 0.717) is 6.42 Å². The molecular formula is C21H36F3N3O5. The van der Waals surface area contributed by atoms with Crippen LogP contribution in [0.2, 0.25) is 0 Å². The molecule has 11 heteroatoms. The summed E-state index contributed by atoms with van der Waals surface area (Å²) in [4.78, 5) is 38.9. The van der Waals surface area contributed by atoms with E-state index in [0.717, 1.165) is 0 Å². The lowest BCUT2D eigenvalue weighted by Crippen LogP contribution is -2.59. The predicted octanol–water partition coefficient (Wildman–Crippen LogP) is 2.59. The third kappa shape index (κ3) is 7.91. The molecule has 1 aliphatic heterocycles. The van der Waals surface area contributed by atoms with Crippen LogP contribution in [-0.2, 0) is 14.3 Å². The molecule has 1 saturated heterocycles. The second-order valence-electron chi connectivity index (χ2n) is 9.84. The summed E-state index contributed by atoms with van der Waals surface area (Å²) in [7, 11) is 0. The molecule has 186 valence electrons. The van der Waals surface area contributed by atoms with Crippen LogP contribution in [0.4, 0.5) is 18.0 Å². The topological polar surface area (TPSA) is 108 Å². The molecule has 1 aliphatic rings. The first-order valence-electron chi connectivity index (χ1n) is 10.8. The summed E-state index contributed by atoms with van der Waals surface area (Å²) >= 11 is 0. The lowest BCUT2D eigenvalue weighted by molar-refractivity contribution is -0.227. The molecule has 0 aromatic heterocycles. The highest BCUT2D eigenvalue weighted by Gasteiger charge is 2.50. The predicted molar refractivity (Wildman–Crippen MR) is 112 cm³/mol. The number of carbonyl (C=O) groups excluding carboxylic acids is 3. The Morgan fingerprint density at radius 3 is 2.06 bits per heavy atom. The van der Waals surface area contributed by atoms with E-state index < -0.39 is 59.8 Å². The molecule has 1 heterocycles. The largest absolute Gasteiger partial charge is 0.444 e. The van der Waals surface area contributed by atoms with Gasteiger partial charge in [-0.25, -0.2) is 4.79 Å². The summed E-state index contributed by atoms with van der Waals surface area (Å²) in [6, 6.07) is -3.41. The summed E-state index contributed by atoms with van der Waals surface area (Å²) in [5.41, 5.74) is -0.784. The molecule has 3 N–H and O–H groups in total. The average molecular weight is 468 g/mol. The molecule has 3 amide bonds. The fourth-order valence-corrected chi connectivity index (χ4v) is 3.80. The van der Waals surface area contributed by atoms with E-state index in [9.17, 15) is 32.7 Å². The van der Waals surface area contributed by atoms with Crippen LogP contribution < -0.4 is 10.6 Å². The molecule has 4 atom stereocenters.